The van der Waals surface area contributed by atoms with E-state index in [1.807, 2.05) is 65.4 Å². The number of anilines is 3. The number of benzene rings is 4. The number of carbonyl (C=O) groups excluding carboxylic acids is 2. The quantitative estimate of drug-likeness (QED) is 0.0113. The van der Waals surface area contributed by atoms with E-state index in [4.69, 9.17) is 30.4 Å². The number of methoxy groups -OCH3 is 4. The summed E-state index contributed by atoms with van der Waals surface area (Å²) in [6.07, 6.45) is 5.14. The number of aromatic nitrogens is 1. The summed E-state index contributed by atoms with van der Waals surface area (Å²) < 4.78 is 23.6. The van der Waals surface area contributed by atoms with Gasteiger partial charge in [-0.05, 0) is 18.2 Å². The van der Waals surface area contributed by atoms with Gasteiger partial charge in [0.05, 0.1) is 46.1 Å². The number of fused-ring (bicyclic) bond motifs is 1. The molecule has 0 saturated heterocycles. The van der Waals surface area contributed by atoms with E-state index in [0.29, 0.717) is 93.0 Å². The minimum absolute atomic E-state index is 0.0488. The average molecular weight is 866 g/mol. The van der Waals surface area contributed by atoms with Crippen LogP contribution < -0.4 is 50.9 Å². The Labute approximate surface area is 362 Å². The molecule has 5 rings (SSSR count). The van der Waals surface area contributed by atoms with Crippen LogP contribution in [0, 0.1) is 0 Å². The van der Waals surface area contributed by atoms with Crippen molar-refractivity contribution in [2.75, 3.05) is 76.4 Å². The molecule has 0 fully saturated rings. The number of azo groups is 2. The molecule has 61 heavy (non-hydrogen) atoms. The first kappa shape index (κ1) is 45.3. The lowest BCUT2D eigenvalue weighted by Gasteiger charge is -2.13. The van der Waals surface area contributed by atoms with Gasteiger partial charge in [0.25, 0.3) is 5.91 Å². The molecule has 16 nitrogen and oxygen atoms in total. The van der Waals surface area contributed by atoms with E-state index >= 15 is 0 Å². The molecule has 7 N–H and O–H groups in total. The van der Waals surface area contributed by atoms with Crippen LogP contribution in [0.25, 0.3) is 16.6 Å². The molecule has 1 aromatic heterocycles. The normalized spacial score (nSPS) is 11.4. The SMILES string of the molecule is C=C/C=C(/N=Nc1c(OC)cc(N)cc1OC)c1ccccc1NCC(=O)NCCSSCCNC(=O)C[n+]1ccc(N=Nc2c(OC)cc(N)cc2OC)c2ccccc21. The molecule has 4 aromatic carbocycles. The van der Waals surface area contributed by atoms with Crippen LogP contribution in [0.15, 0.2) is 124 Å². The molecule has 0 atom stereocenters. The van der Waals surface area contributed by atoms with Gasteiger partial charge in [-0.2, -0.15) is 4.57 Å². The molecule has 0 bridgehead atoms. The minimum atomic E-state index is -0.164. The highest BCUT2D eigenvalue weighted by Crippen LogP contribution is 2.42. The van der Waals surface area contributed by atoms with Gasteiger partial charge in [0.15, 0.2) is 40.6 Å². The van der Waals surface area contributed by atoms with E-state index in [-0.39, 0.29) is 24.9 Å². The second-order valence-corrected chi connectivity index (χ2v) is 15.5. The number of nitrogen functional groups attached to an aromatic ring is 2. The molecule has 0 saturated carbocycles. The van der Waals surface area contributed by atoms with Crippen molar-refractivity contribution in [2.45, 2.75) is 6.54 Å². The summed E-state index contributed by atoms with van der Waals surface area (Å²) in [5.74, 6) is 2.80. The number of nitrogens with two attached hydrogens (primary N) is 2. The summed E-state index contributed by atoms with van der Waals surface area (Å²) in [6, 6.07) is 23.5. The van der Waals surface area contributed by atoms with Crippen LogP contribution in [0.2, 0.25) is 0 Å². The van der Waals surface area contributed by atoms with Crippen molar-refractivity contribution in [3.8, 4) is 23.0 Å². The highest BCUT2D eigenvalue weighted by atomic mass is 33.1. The smallest absolute Gasteiger partial charge is 0.286 e. The molecule has 0 spiro atoms. The maximum absolute atomic E-state index is 12.9. The van der Waals surface area contributed by atoms with Gasteiger partial charge in [-0.25, -0.2) is 0 Å². The highest BCUT2D eigenvalue weighted by molar-refractivity contribution is 8.76. The number of nitrogens with zero attached hydrogens (tertiary/aromatic N) is 5. The fraction of sp³-hybridized carbons (Fsp3) is 0.233. The first-order valence-electron chi connectivity index (χ1n) is 18.9. The minimum Gasteiger partial charge on any atom is -0.494 e. The van der Waals surface area contributed by atoms with Gasteiger partial charge in [-0.3, -0.25) is 9.59 Å². The van der Waals surface area contributed by atoms with E-state index in [0.717, 1.165) is 10.9 Å². The van der Waals surface area contributed by atoms with Crippen molar-refractivity contribution >= 4 is 84.1 Å². The second kappa shape index (κ2) is 23.1. The van der Waals surface area contributed by atoms with Gasteiger partial charge < -0.3 is 46.4 Å². The molecule has 1 heterocycles. The third-order valence-corrected chi connectivity index (χ3v) is 11.2. The molecule has 0 unspecified atom stereocenters. The fourth-order valence-corrected chi connectivity index (χ4v) is 7.72. The molecule has 0 aliphatic carbocycles. The molecule has 18 heteroatoms. The van der Waals surface area contributed by atoms with Crippen molar-refractivity contribution in [2.24, 2.45) is 20.5 Å². The zero-order valence-electron chi connectivity index (χ0n) is 34.3. The summed E-state index contributed by atoms with van der Waals surface area (Å²) in [5.41, 5.74) is 17.0. The lowest BCUT2D eigenvalue weighted by molar-refractivity contribution is -0.658. The number of allylic oxidation sites excluding steroid dienone is 2. The predicted octanol–water partition coefficient (Wildman–Crippen LogP) is 7.78. The van der Waals surface area contributed by atoms with Crippen LogP contribution in [0.1, 0.15) is 5.56 Å². The van der Waals surface area contributed by atoms with E-state index < -0.39 is 0 Å². The zero-order chi connectivity index (χ0) is 43.6. The van der Waals surface area contributed by atoms with Crippen LogP contribution in [0.3, 0.4) is 0 Å². The number of carbonyl (C=O) groups is 2. The number of nitrogens with one attached hydrogen (secondary N) is 3. The van der Waals surface area contributed by atoms with Gasteiger partial charge in [-0.15, -0.1) is 20.5 Å². The number of para-hydroxylation sites is 2. The number of ether oxygens (including phenoxy) is 4. The second-order valence-electron chi connectivity index (χ2n) is 12.8. The monoisotopic (exact) mass is 865 g/mol. The Morgan fingerprint density at radius 3 is 1.90 bits per heavy atom. The lowest BCUT2D eigenvalue weighted by Crippen LogP contribution is -2.43. The summed E-state index contributed by atoms with van der Waals surface area (Å²) in [4.78, 5) is 25.7. The molecule has 0 radical (unpaired) electrons. The van der Waals surface area contributed by atoms with E-state index in [9.17, 15) is 9.59 Å². The van der Waals surface area contributed by atoms with Gasteiger partial charge in [-0.1, -0.05) is 64.6 Å². The Morgan fingerprint density at radius 2 is 1.30 bits per heavy atom. The van der Waals surface area contributed by atoms with Crippen molar-refractivity contribution in [3.05, 3.63) is 109 Å². The maximum atomic E-state index is 12.9. The van der Waals surface area contributed by atoms with Gasteiger partial charge in [0.2, 0.25) is 18.0 Å². The van der Waals surface area contributed by atoms with Crippen LogP contribution in [-0.4, -0.2) is 71.4 Å². The van der Waals surface area contributed by atoms with Crippen LogP contribution in [0.5, 0.6) is 23.0 Å². The van der Waals surface area contributed by atoms with Crippen molar-refractivity contribution in [1.82, 2.24) is 10.6 Å². The Morgan fingerprint density at radius 1 is 0.738 bits per heavy atom. The van der Waals surface area contributed by atoms with E-state index in [1.54, 1.807) is 58.0 Å². The third kappa shape index (κ3) is 12.6. The lowest BCUT2D eigenvalue weighted by atomic mass is 10.1. The van der Waals surface area contributed by atoms with Crippen molar-refractivity contribution < 1.29 is 33.1 Å². The topological polar surface area (TPSA) is 213 Å². The largest absolute Gasteiger partial charge is 0.494 e. The first-order valence-corrected chi connectivity index (χ1v) is 21.4. The number of hydrogen-bond acceptors (Lipinski definition) is 15. The summed E-state index contributed by atoms with van der Waals surface area (Å²) in [5, 5.41) is 27.8. The number of amides is 2. The Hall–Kier alpha value is -6.79. The third-order valence-electron chi connectivity index (χ3n) is 8.75. The molecule has 0 aliphatic heterocycles. The Bertz CT molecular complexity index is 2380. The maximum Gasteiger partial charge on any atom is 0.286 e. The Balaban J connectivity index is 1.04. The van der Waals surface area contributed by atoms with Gasteiger partial charge >= 0.3 is 0 Å². The zero-order valence-corrected chi connectivity index (χ0v) is 36.0. The van der Waals surface area contributed by atoms with Crippen molar-refractivity contribution in [3.63, 3.8) is 0 Å². The van der Waals surface area contributed by atoms with Gasteiger partial charge in [0, 0.05) is 83.6 Å². The van der Waals surface area contributed by atoms with E-state index in [1.165, 1.54) is 28.4 Å². The molecule has 2 amide bonds. The fourth-order valence-electron chi connectivity index (χ4n) is 5.91. The molecule has 5 aromatic rings. The summed E-state index contributed by atoms with van der Waals surface area (Å²) >= 11 is 0. The Kier molecular flexibility index (Phi) is 17.2. The number of pyridine rings is 1. The highest BCUT2D eigenvalue weighted by Gasteiger charge is 2.18. The molecule has 0 aliphatic rings. The number of rotatable bonds is 22. The predicted molar refractivity (Wildman–Crippen MR) is 245 cm³/mol. The van der Waals surface area contributed by atoms with Crippen molar-refractivity contribution in [1.29, 1.82) is 0 Å². The van der Waals surface area contributed by atoms with Crippen LogP contribution >= 0.6 is 21.6 Å². The van der Waals surface area contributed by atoms with Crippen LogP contribution in [-0.2, 0) is 16.1 Å². The molecule has 318 valence electrons. The summed E-state index contributed by atoms with van der Waals surface area (Å²) in [7, 11) is 9.32. The average Bonchev–Trinajstić information content (AvgIpc) is 3.27. The summed E-state index contributed by atoms with van der Waals surface area (Å²) in [6.45, 7) is 4.97. The van der Waals surface area contributed by atoms with Gasteiger partial charge in [0.1, 0.15) is 5.69 Å². The molecular weight excluding hydrogens is 817 g/mol. The standard InChI is InChI=1S/C43H48N10O6S2/c1-6-11-33(49-51-42-36(56-2)22-28(44)23-37(42)57-3)30-12-7-9-14-32(30)48-26-40(54)46-17-20-60-61-21-18-47-41(55)27-53-19-16-34(31-13-8-10-15-35(31)53)50-52-43-38(58-4)24-29(45)25-39(43)59-5/h6-16,19,22-25,45,48H,1,17-18,20-21,26-27H2,2-5H3,(H4,44,46,47,49,54,55)/p+1/b33-11+. The van der Waals surface area contributed by atoms with Crippen LogP contribution in [0.4, 0.5) is 34.1 Å². The molecular formula is C43H49N10O6S2+. The number of hydrogen-bond donors (Lipinski definition) is 5. The first-order chi connectivity index (χ1) is 29.7. The van der Waals surface area contributed by atoms with E-state index in [2.05, 4.69) is 43.0 Å².